The van der Waals surface area contributed by atoms with E-state index in [1.165, 1.54) is 20.2 Å². The van der Waals surface area contributed by atoms with Gasteiger partial charge in [-0.05, 0) is 0 Å². The Morgan fingerprint density at radius 3 is 2.87 bits per heavy atom. The van der Waals surface area contributed by atoms with E-state index in [9.17, 15) is 14.8 Å². The van der Waals surface area contributed by atoms with E-state index >= 15 is 0 Å². The van der Waals surface area contributed by atoms with Gasteiger partial charge in [0, 0.05) is 0 Å². The molecular formula is C17H19BN5O6P. The van der Waals surface area contributed by atoms with Gasteiger partial charge in [0.1, 0.15) is 0 Å². The van der Waals surface area contributed by atoms with Crippen molar-refractivity contribution in [1.82, 2.24) is 19.5 Å². The summed E-state index contributed by atoms with van der Waals surface area (Å²) >= 11 is 0. The molecule has 2 aromatic heterocycles. The first-order valence-electron chi connectivity index (χ1n) is 9.34. The third-order valence-corrected chi connectivity index (χ3v) is 6.49. The fraction of sp³-hybridized carbons (Fsp3) is 0.294. The second-order valence-corrected chi connectivity index (χ2v) is 9.53. The third kappa shape index (κ3) is 3.37. The predicted molar refractivity (Wildman–Crippen MR) is 110 cm³/mol. The number of nitrogens with one attached hydrogen (secondary N) is 1. The standard InChI is InChI=1S/C17H19BN5O6P/c18-30(26)27-6-10-13(29-30)12(24)17(28-10)23-8-21-11-14(19-7-20-15(11)23)22-16(25)9-4-2-1-3-5-9/h1-5,7-8,10,12-13,17,24,26,30H,6,18H2,(H,19,20,22,25)/t10-,12+,13+,17-/m1/s1. The van der Waals surface area contributed by atoms with Gasteiger partial charge in [-0.25, -0.2) is 0 Å². The van der Waals surface area contributed by atoms with Gasteiger partial charge in [0.15, 0.2) is 0 Å². The van der Waals surface area contributed by atoms with Crippen LogP contribution in [0, 0.1) is 0 Å². The molecule has 0 saturated carbocycles. The average Bonchev–Trinajstić information content (AvgIpc) is 3.30. The number of imidazole rings is 1. The molecule has 0 radical (unpaired) electrons. The molecule has 13 heteroatoms. The van der Waals surface area contributed by atoms with Crippen LogP contribution in [0.5, 0.6) is 0 Å². The van der Waals surface area contributed by atoms with Crippen LogP contribution in [0.2, 0.25) is 0 Å². The Kier molecular flexibility index (Phi) is 4.77. The van der Waals surface area contributed by atoms with E-state index in [1.807, 2.05) is 6.07 Å². The van der Waals surface area contributed by atoms with Gasteiger partial charge in [-0.1, -0.05) is 18.2 Å². The van der Waals surface area contributed by atoms with Crippen molar-refractivity contribution >= 4 is 38.3 Å². The van der Waals surface area contributed by atoms with E-state index < -0.39 is 32.4 Å². The van der Waals surface area contributed by atoms with Crippen LogP contribution in [0.1, 0.15) is 16.6 Å². The number of aliphatic hydroxyl groups excluding tert-OH is 1. The molecule has 1 amide bonds. The fourth-order valence-electron chi connectivity index (χ4n) is 3.65. The van der Waals surface area contributed by atoms with Gasteiger partial charge in [-0.3, -0.25) is 0 Å². The van der Waals surface area contributed by atoms with Gasteiger partial charge in [-0.15, -0.1) is 0 Å². The van der Waals surface area contributed by atoms with Crippen LogP contribution in [0.15, 0.2) is 43.0 Å². The number of benzene rings is 1. The van der Waals surface area contributed by atoms with Crippen molar-refractivity contribution in [3.05, 3.63) is 48.5 Å². The third-order valence-electron chi connectivity index (χ3n) is 5.08. The molecule has 3 aromatic rings. The fourth-order valence-corrected chi connectivity index (χ4v) is 4.99. The normalized spacial score (nSPS) is 28.7. The number of aliphatic hydroxyl groups is 1. The molecular weight excluding hydrogens is 412 g/mol. The Morgan fingerprint density at radius 1 is 1.27 bits per heavy atom. The van der Waals surface area contributed by atoms with Gasteiger partial charge in [0.05, 0.1) is 0 Å². The minimum atomic E-state index is -3.28. The van der Waals surface area contributed by atoms with Crippen LogP contribution in [-0.2, 0) is 13.8 Å². The van der Waals surface area contributed by atoms with Gasteiger partial charge in [0.2, 0.25) is 0 Å². The van der Waals surface area contributed by atoms with Crippen molar-refractivity contribution in [2.45, 2.75) is 24.5 Å². The number of hydrogen-bond donors (Lipinski definition) is 3. The maximum absolute atomic E-state index is 12.5. The summed E-state index contributed by atoms with van der Waals surface area (Å²) in [5.41, 5.74) is 1.21. The van der Waals surface area contributed by atoms with E-state index in [2.05, 4.69) is 20.3 Å². The molecule has 2 fully saturated rings. The predicted octanol–water partition coefficient (Wildman–Crippen LogP) is -0.212. The summed E-state index contributed by atoms with van der Waals surface area (Å²) in [6, 6.07) is 8.74. The summed E-state index contributed by atoms with van der Waals surface area (Å²) < 4.78 is 18.3. The summed E-state index contributed by atoms with van der Waals surface area (Å²) in [6.45, 7) is 0.122. The molecule has 11 nitrogen and oxygen atoms in total. The van der Waals surface area contributed by atoms with Crippen LogP contribution in [0.4, 0.5) is 5.82 Å². The maximum atomic E-state index is 12.5. The Hall–Kier alpha value is -2.47. The molecule has 4 atom stereocenters. The second kappa shape index (κ2) is 7.34. The number of carbonyl (C=O) groups is 1. The zero-order valence-corrected chi connectivity index (χ0v) is 16.9. The number of aromatic nitrogens is 4. The molecule has 0 spiro atoms. The Morgan fingerprint density at radius 2 is 2.07 bits per heavy atom. The zero-order valence-electron chi connectivity index (χ0n) is 15.9. The van der Waals surface area contributed by atoms with Crippen molar-refractivity contribution in [2.24, 2.45) is 0 Å². The van der Waals surface area contributed by atoms with E-state index in [4.69, 9.17) is 13.8 Å². The van der Waals surface area contributed by atoms with Crippen LogP contribution in [0.25, 0.3) is 11.2 Å². The molecule has 4 heterocycles. The topological polar surface area (TPSA) is 141 Å². The van der Waals surface area contributed by atoms with E-state index in [0.717, 1.165) is 0 Å². The molecule has 0 aliphatic carbocycles. The first kappa shape index (κ1) is 19.5. The number of nitrogens with zero attached hydrogens (tertiary/aromatic N) is 4. The summed E-state index contributed by atoms with van der Waals surface area (Å²) in [5.74, 6) is -0.0847. The Balaban J connectivity index is 1.43. The molecule has 2 aliphatic heterocycles. The monoisotopic (exact) mass is 431 g/mol. The van der Waals surface area contributed by atoms with Crippen molar-refractivity contribution in [3.63, 3.8) is 0 Å². The van der Waals surface area contributed by atoms with Crippen molar-refractivity contribution in [1.29, 1.82) is 0 Å². The Labute approximate surface area is 172 Å². The van der Waals surface area contributed by atoms with E-state index in [1.54, 1.807) is 28.8 Å². The SMILES string of the molecule is B[PH]1(O)OC[C@H]2O[C@@H](n3cnc4c(NC(=O)c5ccccc5)ncnc43)[C@@H](O)[C@H]2O1. The zero-order chi connectivity index (χ0) is 20.9. The molecule has 5 rings (SSSR count). The van der Waals surface area contributed by atoms with E-state index in [-0.39, 0.29) is 18.3 Å². The number of rotatable bonds is 3. The quantitative estimate of drug-likeness (QED) is 0.379. The molecule has 0 bridgehead atoms. The second-order valence-electron chi connectivity index (χ2n) is 7.21. The summed E-state index contributed by atoms with van der Waals surface area (Å²) in [6.07, 6.45) is -0.403. The summed E-state index contributed by atoms with van der Waals surface area (Å²) in [4.78, 5) is 35.3. The number of carbonyl (C=O) groups excluding carboxylic acids is 1. The Bertz CT molecular complexity index is 1100. The van der Waals surface area contributed by atoms with E-state index in [0.29, 0.717) is 16.7 Å². The number of anilines is 1. The van der Waals surface area contributed by atoms with Crippen molar-refractivity contribution in [3.8, 4) is 0 Å². The molecule has 2 saturated heterocycles. The first-order chi connectivity index (χ1) is 14.4. The molecule has 30 heavy (non-hydrogen) atoms. The number of fused-ring (bicyclic) bond motifs is 2. The molecule has 1 aromatic carbocycles. The first-order valence-corrected chi connectivity index (χ1v) is 11.6. The van der Waals surface area contributed by atoms with Crippen molar-refractivity contribution in [2.75, 3.05) is 11.9 Å². The number of ether oxygens (including phenoxy) is 1. The number of amides is 1. The van der Waals surface area contributed by atoms with Gasteiger partial charge >= 0.3 is 153 Å². The van der Waals surface area contributed by atoms with Crippen LogP contribution < -0.4 is 5.32 Å². The van der Waals surface area contributed by atoms with Gasteiger partial charge in [-0.2, -0.15) is 0 Å². The molecule has 156 valence electrons. The summed E-state index contributed by atoms with van der Waals surface area (Å²) in [7, 11) is -1.79. The molecule has 3 N–H and O–H groups in total. The van der Waals surface area contributed by atoms with Gasteiger partial charge in [0.25, 0.3) is 0 Å². The molecule has 2 aliphatic rings. The molecule has 0 unspecified atom stereocenters. The minimum absolute atomic E-state index is 0.122. The van der Waals surface area contributed by atoms with Crippen molar-refractivity contribution < 1.29 is 28.6 Å². The average molecular weight is 431 g/mol. The summed E-state index contributed by atoms with van der Waals surface area (Å²) in [5, 5.41) is 13.5. The van der Waals surface area contributed by atoms with Crippen LogP contribution in [0.3, 0.4) is 0 Å². The van der Waals surface area contributed by atoms with Gasteiger partial charge < -0.3 is 0 Å². The number of hydrogen-bond acceptors (Lipinski definition) is 9. The van der Waals surface area contributed by atoms with Crippen LogP contribution >= 0.6 is 7.82 Å². The van der Waals surface area contributed by atoms with Crippen LogP contribution in [-0.4, -0.2) is 67.9 Å².